The predicted octanol–water partition coefficient (Wildman–Crippen LogP) is 6.04. The van der Waals surface area contributed by atoms with Gasteiger partial charge in [-0.3, -0.25) is 0 Å². The molecule has 0 amide bonds. The molecule has 98 valence electrons. The minimum Gasteiger partial charge on any atom is -0.0653 e. The van der Waals surface area contributed by atoms with Crippen molar-refractivity contribution in [3.8, 4) is 0 Å². The Kier molecular flexibility index (Phi) is 6.62. The van der Waals surface area contributed by atoms with Crippen molar-refractivity contribution in [2.75, 3.05) is 0 Å². The van der Waals surface area contributed by atoms with Crippen LogP contribution < -0.4 is 0 Å². The second-order valence-electron chi connectivity index (χ2n) is 5.36. The fraction of sp³-hybridized carbons (Fsp3) is 0.765. The molecule has 0 aromatic heterocycles. The van der Waals surface area contributed by atoms with E-state index in [-0.39, 0.29) is 0 Å². The molecule has 17 heavy (non-hydrogen) atoms. The molecule has 1 unspecified atom stereocenters. The monoisotopic (exact) mass is 234 g/mol. The van der Waals surface area contributed by atoms with E-state index in [1.165, 1.54) is 51.4 Å². The fourth-order valence-electron chi connectivity index (χ4n) is 3.15. The Morgan fingerprint density at radius 3 is 2.00 bits per heavy atom. The second-order valence-corrected chi connectivity index (χ2v) is 5.36. The van der Waals surface area contributed by atoms with E-state index < -0.39 is 0 Å². The Morgan fingerprint density at radius 1 is 0.824 bits per heavy atom. The Balaban J connectivity index is 2.87. The van der Waals surface area contributed by atoms with Gasteiger partial charge in [0, 0.05) is 5.92 Å². The Morgan fingerprint density at radius 2 is 1.47 bits per heavy atom. The first-order valence-electron chi connectivity index (χ1n) is 7.70. The number of rotatable bonds is 8. The molecular formula is C17H30. The van der Waals surface area contributed by atoms with E-state index in [4.69, 9.17) is 0 Å². The van der Waals surface area contributed by atoms with Crippen LogP contribution in [0.5, 0.6) is 0 Å². The molecule has 0 saturated heterocycles. The quantitative estimate of drug-likeness (QED) is 0.480. The van der Waals surface area contributed by atoms with Crippen molar-refractivity contribution in [1.82, 2.24) is 0 Å². The van der Waals surface area contributed by atoms with Crippen LogP contribution in [-0.4, -0.2) is 0 Å². The van der Waals surface area contributed by atoms with Crippen LogP contribution in [0.4, 0.5) is 0 Å². The largest absolute Gasteiger partial charge is 0.0653 e. The molecule has 0 aromatic rings. The molecule has 0 radical (unpaired) electrons. The van der Waals surface area contributed by atoms with Gasteiger partial charge in [-0.1, -0.05) is 70.6 Å². The number of allylic oxidation sites excluding steroid dienone is 4. The van der Waals surface area contributed by atoms with Gasteiger partial charge in [-0.05, 0) is 31.3 Å². The molecule has 1 aliphatic carbocycles. The Hall–Kier alpha value is -0.520. The first-order chi connectivity index (χ1) is 8.28. The lowest BCUT2D eigenvalue weighted by Gasteiger charge is -2.19. The number of hydrogen-bond donors (Lipinski definition) is 0. The second kappa shape index (κ2) is 7.74. The van der Waals surface area contributed by atoms with E-state index in [1.807, 2.05) is 0 Å². The molecule has 0 aliphatic heterocycles. The molecule has 0 heteroatoms. The van der Waals surface area contributed by atoms with Gasteiger partial charge in [0.2, 0.25) is 0 Å². The smallest absolute Gasteiger partial charge is 0.00159 e. The highest BCUT2D eigenvalue weighted by atomic mass is 14.3. The minimum atomic E-state index is 0.807. The summed E-state index contributed by atoms with van der Waals surface area (Å²) in [5, 5.41) is 0. The molecule has 0 N–H and O–H groups in total. The van der Waals surface area contributed by atoms with E-state index in [0.717, 1.165) is 5.92 Å². The zero-order valence-corrected chi connectivity index (χ0v) is 12.3. The summed E-state index contributed by atoms with van der Waals surface area (Å²) >= 11 is 0. The van der Waals surface area contributed by atoms with Gasteiger partial charge < -0.3 is 0 Å². The standard InChI is InChI=1S/C17H30/c1-5-9-14-13-15(10-6-2)17(12-8-4)16(14)11-7-3/h13,16H,5-12H2,1-4H3. The van der Waals surface area contributed by atoms with E-state index >= 15 is 0 Å². The minimum absolute atomic E-state index is 0.807. The SMILES string of the molecule is CCCC1=CC(CCC)=C(CCC)C1CCC. The van der Waals surface area contributed by atoms with Crippen LogP contribution in [-0.2, 0) is 0 Å². The van der Waals surface area contributed by atoms with Gasteiger partial charge in [0.25, 0.3) is 0 Å². The van der Waals surface area contributed by atoms with Gasteiger partial charge in [0.15, 0.2) is 0 Å². The zero-order chi connectivity index (χ0) is 12.7. The van der Waals surface area contributed by atoms with Gasteiger partial charge in [-0.15, -0.1) is 0 Å². The molecule has 0 fully saturated rings. The van der Waals surface area contributed by atoms with Crippen molar-refractivity contribution >= 4 is 0 Å². The predicted molar refractivity (Wildman–Crippen MR) is 78.2 cm³/mol. The fourth-order valence-corrected chi connectivity index (χ4v) is 3.15. The van der Waals surface area contributed by atoms with Crippen LogP contribution in [0.25, 0.3) is 0 Å². The van der Waals surface area contributed by atoms with Crippen molar-refractivity contribution in [2.24, 2.45) is 5.92 Å². The summed E-state index contributed by atoms with van der Waals surface area (Å²) in [6.45, 7) is 9.25. The maximum atomic E-state index is 2.55. The summed E-state index contributed by atoms with van der Waals surface area (Å²) in [5.41, 5.74) is 5.22. The molecule has 0 aromatic carbocycles. The third-order valence-corrected chi connectivity index (χ3v) is 3.79. The summed E-state index contributed by atoms with van der Waals surface area (Å²) < 4.78 is 0. The summed E-state index contributed by atoms with van der Waals surface area (Å²) in [6.07, 6.45) is 13.1. The summed E-state index contributed by atoms with van der Waals surface area (Å²) in [5.74, 6) is 0.807. The Labute approximate surface area is 108 Å². The van der Waals surface area contributed by atoms with Crippen molar-refractivity contribution in [3.63, 3.8) is 0 Å². The third-order valence-electron chi connectivity index (χ3n) is 3.79. The van der Waals surface area contributed by atoms with Crippen LogP contribution in [0.15, 0.2) is 22.8 Å². The molecule has 1 atom stereocenters. The molecular weight excluding hydrogens is 204 g/mol. The van der Waals surface area contributed by atoms with Crippen molar-refractivity contribution in [2.45, 2.75) is 79.1 Å². The van der Waals surface area contributed by atoms with Crippen molar-refractivity contribution in [1.29, 1.82) is 0 Å². The van der Waals surface area contributed by atoms with Crippen LogP contribution >= 0.6 is 0 Å². The van der Waals surface area contributed by atoms with E-state index in [2.05, 4.69) is 33.8 Å². The van der Waals surface area contributed by atoms with Gasteiger partial charge in [-0.2, -0.15) is 0 Å². The van der Waals surface area contributed by atoms with Gasteiger partial charge >= 0.3 is 0 Å². The van der Waals surface area contributed by atoms with Crippen LogP contribution in [0, 0.1) is 5.92 Å². The molecule has 1 aliphatic rings. The average molecular weight is 234 g/mol. The van der Waals surface area contributed by atoms with Crippen molar-refractivity contribution < 1.29 is 0 Å². The van der Waals surface area contributed by atoms with E-state index in [1.54, 1.807) is 16.7 Å². The average Bonchev–Trinajstić information content (AvgIpc) is 2.61. The highest BCUT2D eigenvalue weighted by Crippen LogP contribution is 2.41. The Bertz CT molecular complexity index is 280. The van der Waals surface area contributed by atoms with E-state index in [0.29, 0.717) is 0 Å². The number of hydrogen-bond acceptors (Lipinski definition) is 0. The first kappa shape index (κ1) is 14.5. The van der Waals surface area contributed by atoms with Gasteiger partial charge in [0.1, 0.15) is 0 Å². The summed E-state index contributed by atoms with van der Waals surface area (Å²) in [7, 11) is 0. The highest BCUT2D eigenvalue weighted by Gasteiger charge is 2.25. The first-order valence-corrected chi connectivity index (χ1v) is 7.70. The van der Waals surface area contributed by atoms with Gasteiger partial charge in [-0.25, -0.2) is 0 Å². The van der Waals surface area contributed by atoms with Crippen LogP contribution in [0.3, 0.4) is 0 Å². The molecule has 0 spiro atoms. The normalized spacial score (nSPS) is 20.0. The molecule has 0 saturated carbocycles. The lowest BCUT2D eigenvalue weighted by atomic mass is 9.86. The molecule has 0 bridgehead atoms. The summed E-state index contributed by atoms with van der Waals surface area (Å²) in [6, 6.07) is 0. The molecule has 0 nitrogen and oxygen atoms in total. The van der Waals surface area contributed by atoms with E-state index in [9.17, 15) is 0 Å². The third kappa shape index (κ3) is 3.72. The topological polar surface area (TPSA) is 0 Å². The zero-order valence-electron chi connectivity index (χ0n) is 12.3. The maximum Gasteiger partial charge on any atom is 0.00159 e. The lowest BCUT2D eigenvalue weighted by Crippen LogP contribution is -2.05. The van der Waals surface area contributed by atoms with Gasteiger partial charge in [0.05, 0.1) is 0 Å². The molecule has 1 rings (SSSR count). The lowest BCUT2D eigenvalue weighted by molar-refractivity contribution is 0.583. The van der Waals surface area contributed by atoms with Crippen LogP contribution in [0.1, 0.15) is 79.1 Å². The van der Waals surface area contributed by atoms with Crippen molar-refractivity contribution in [3.05, 3.63) is 22.8 Å². The molecule has 0 heterocycles. The summed E-state index contributed by atoms with van der Waals surface area (Å²) in [4.78, 5) is 0. The highest BCUT2D eigenvalue weighted by molar-refractivity contribution is 5.42. The van der Waals surface area contributed by atoms with Crippen LogP contribution in [0.2, 0.25) is 0 Å². The maximum absolute atomic E-state index is 2.55.